The fraction of sp³-hybridized carbons (Fsp3) is 0.462. The molecule has 0 atom stereocenters. The van der Waals surface area contributed by atoms with Crippen LogP contribution >= 0.6 is 0 Å². The van der Waals surface area contributed by atoms with E-state index in [1.807, 2.05) is 12.1 Å². The summed E-state index contributed by atoms with van der Waals surface area (Å²) in [5, 5.41) is 0. The topological polar surface area (TPSA) is 9.23 Å². The van der Waals surface area contributed by atoms with Crippen LogP contribution < -0.4 is 4.74 Å². The molecule has 0 N–H and O–H groups in total. The maximum Gasteiger partial charge on any atom is 0.201 e. The number of benzene rings is 2. The highest BCUT2D eigenvalue weighted by Crippen LogP contribution is 2.38. The van der Waals surface area contributed by atoms with Gasteiger partial charge >= 0.3 is 0 Å². The summed E-state index contributed by atoms with van der Waals surface area (Å²) in [6, 6.07) is 10.9. The lowest BCUT2D eigenvalue weighted by molar-refractivity contribution is 0.302. The molecule has 2 aromatic rings. The first-order valence-corrected chi connectivity index (χ1v) is 11.0. The third kappa shape index (κ3) is 5.46. The second kappa shape index (κ2) is 10.6. The highest BCUT2D eigenvalue weighted by atomic mass is 19.2. The van der Waals surface area contributed by atoms with Gasteiger partial charge in [0.25, 0.3) is 0 Å². The Hall–Kier alpha value is -2.16. The normalized spacial score (nSPS) is 19.1. The number of hydrogen-bond acceptors (Lipinski definition) is 1. The molecule has 0 unspecified atom stereocenters. The van der Waals surface area contributed by atoms with Crippen LogP contribution in [0.4, 0.5) is 8.78 Å². The minimum absolute atomic E-state index is 0.149. The van der Waals surface area contributed by atoms with Gasteiger partial charge in [0.1, 0.15) is 0 Å². The van der Waals surface area contributed by atoms with Gasteiger partial charge in [-0.25, -0.2) is 4.39 Å². The minimum atomic E-state index is -0.983. The van der Waals surface area contributed by atoms with Gasteiger partial charge in [-0.1, -0.05) is 69.9 Å². The molecule has 3 rings (SSSR count). The van der Waals surface area contributed by atoms with Gasteiger partial charge in [-0.15, -0.1) is 0 Å². The Kier molecular flexibility index (Phi) is 7.85. The largest absolute Gasteiger partial charge is 0.462 e. The molecule has 0 radical (unpaired) electrons. The Labute approximate surface area is 173 Å². The van der Waals surface area contributed by atoms with Gasteiger partial charge in [-0.2, -0.15) is 4.39 Å². The second-order valence-corrected chi connectivity index (χ2v) is 8.21. The lowest BCUT2D eigenvalue weighted by Gasteiger charge is -2.29. The van der Waals surface area contributed by atoms with Crippen molar-refractivity contribution in [1.29, 1.82) is 0 Å². The van der Waals surface area contributed by atoms with E-state index in [4.69, 9.17) is 4.74 Å². The first-order chi connectivity index (χ1) is 14.1. The predicted molar refractivity (Wildman–Crippen MR) is 116 cm³/mol. The van der Waals surface area contributed by atoms with Crippen LogP contribution in [0.3, 0.4) is 0 Å². The monoisotopic (exact) mass is 398 g/mol. The van der Waals surface area contributed by atoms with Gasteiger partial charge < -0.3 is 4.74 Å². The Balaban J connectivity index is 1.60. The fourth-order valence-corrected chi connectivity index (χ4v) is 4.51. The van der Waals surface area contributed by atoms with Crippen LogP contribution in [0, 0.1) is 17.6 Å². The fourth-order valence-electron chi connectivity index (χ4n) is 4.51. The van der Waals surface area contributed by atoms with Crippen molar-refractivity contribution in [3.05, 3.63) is 66.4 Å². The SMILES string of the molecule is C=COc1ccc(-c2ccc(C3CCC(CCCCCC)CC3)cc2)c(F)c1F. The van der Waals surface area contributed by atoms with Crippen molar-refractivity contribution in [3.63, 3.8) is 0 Å². The van der Waals surface area contributed by atoms with Crippen LogP contribution in [0.5, 0.6) is 5.75 Å². The molecular weight excluding hydrogens is 366 g/mol. The number of rotatable bonds is 9. The number of hydrogen-bond donors (Lipinski definition) is 0. The molecule has 29 heavy (non-hydrogen) atoms. The molecule has 0 aliphatic heterocycles. The lowest BCUT2D eigenvalue weighted by atomic mass is 9.77. The molecule has 1 aliphatic rings. The molecule has 1 fully saturated rings. The van der Waals surface area contributed by atoms with Gasteiger partial charge in [-0.3, -0.25) is 0 Å². The molecule has 3 heteroatoms. The first kappa shape index (κ1) is 21.5. The Morgan fingerprint density at radius 2 is 1.66 bits per heavy atom. The van der Waals surface area contributed by atoms with Crippen molar-refractivity contribution >= 4 is 0 Å². The Morgan fingerprint density at radius 1 is 0.931 bits per heavy atom. The zero-order valence-corrected chi connectivity index (χ0v) is 17.4. The smallest absolute Gasteiger partial charge is 0.201 e. The second-order valence-electron chi connectivity index (χ2n) is 8.21. The average molecular weight is 399 g/mol. The zero-order valence-electron chi connectivity index (χ0n) is 17.4. The van der Waals surface area contributed by atoms with Gasteiger partial charge in [0.2, 0.25) is 5.82 Å². The molecule has 1 saturated carbocycles. The molecule has 0 aromatic heterocycles. The van der Waals surface area contributed by atoms with Crippen molar-refractivity contribution in [2.75, 3.05) is 0 Å². The van der Waals surface area contributed by atoms with E-state index in [0.717, 1.165) is 12.2 Å². The predicted octanol–water partition coefficient (Wildman–Crippen LogP) is 8.40. The number of unbranched alkanes of at least 4 members (excludes halogenated alkanes) is 3. The standard InChI is InChI=1S/C26H32F2O/c1-3-5-6-7-8-19-9-11-20(12-10-19)21-13-15-22(16-14-21)23-17-18-24(29-4-2)26(28)25(23)27/h4,13-20H,2-3,5-12H2,1H3. The van der Waals surface area contributed by atoms with E-state index in [1.165, 1.54) is 69.4 Å². The molecule has 0 amide bonds. The van der Waals surface area contributed by atoms with E-state index in [1.54, 1.807) is 6.07 Å². The first-order valence-electron chi connectivity index (χ1n) is 11.0. The quantitative estimate of drug-likeness (QED) is 0.304. The summed E-state index contributed by atoms with van der Waals surface area (Å²) in [4.78, 5) is 0. The summed E-state index contributed by atoms with van der Waals surface area (Å²) in [6.07, 6.45) is 12.9. The van der Waals surface area contributed by atoms with Crippen molar-refractivity contribution in [2.45, 2.75) is 70.6 Å². The summed E-state index contributed by atoms with van der Waals surface area (Å²) < 4.78 is 33.5. The van der Waals surface area contributed by atoms with Gasteiger partial charge in [-0.05, 0) is 60.8 Å². The van der Waals surface area contributed by atoms with E-state index in [9.17, 15) is 8.78 Å². The third-order valence-corrected chi connectivity index (χ3v) is 6.26. The molecule has 1 aliphatic carbocycles. The van der Waals surface area contributed by atoms with Crippen molar-refractivity contribution in [3.8, 4) is 16.9 Å². The van der Waals surface area contributed by atoms with E-state index in [2.05, 4.69) is 25.6 Å². The molecule has 1 nitrogen and oxygen atoms in total. The van der Waals surface area contributed by atoms with Crippen LogP contribution in [-0.2, 0) is 0 Å². The lowest BCUT2D eigenvalue weighted by Crippen LogP contribution is -2.13. The Morgan fingerprint density at radius 3 is 2.31 bits per heavy atom. The number of halogens is 2. The summed E-state index contributed by atoms with van der Waals surface area (Å²) in [6.45, 7) is 5.63. The summed E-state index contributed by atoms with van der Waals surface area (Å²) in [5.41, 5.74) is 2.24. The van der Waals surface area contributed by atoms with Crippen LogP contribution in [0.15, 0.2) is 49.2 Å². The summed E-state index contributed by atoms with van der Waals surface area (Å²) in [5.74, 6) is -0.551. The van der Waals surface area contributed by atoms with E-state index < -0.39 is 11.6 Å². The van der Waals surface area contributed by atoms with Crippen molar-refractivity contribution < 1.29 is 13.5 Å². The maximum absolute atomic E-state index is 14.4. The maximum atomic E-state index is 14.4. The average Bonchev–Trinajstić information content (AvgIpc) is 2.75. The molecule has 0 bridgehead atoms. The van der Waals surface area contributed by atoms with Crippen molar-refractivity contribution in [2.24, 2.45) is 5.92 Å². The number of ether oxygens (including phenoxy) is 1. The highest BCUT2D eigenvalue weighted by Gasteiger charge is 2.22. The molecule has 0 saturated heterocycles. The molecule has 0 heterocycles. The summed E-state index contributed by atoms with van der Waals surface area (Å²) in [7, 11) is 0. The molecule has 156 valence electrons. The van der Waals surface area contributed by atoms with E-state index >= 15 is 0 Å². The highest BCUT2D eigenvalue weighted by molar-refractivity contribution is 5.65. The zero-order chi connectivity index (χ0) is 20.6. The van der Waals surface area contributed by atoms with Gasteiger partial charge in [0.05, 0.1) is 6.26 Å². The Bertz CT molecular complexity index is 789. The van der Waals surface area contributed by atoms with Gasteiger partial charge in [0.15, 0.2) is 11.6 Å². The van der Waals surface area contributed by atoms with Crippen LogP contribution in [0.25, 0.3) is 11.1 Å². The van der Waals surface area contributed by atoms with Crippen molar-refractivity contribution in [1.82, 2.24) is 0 Å². The van der Waals surface area contributed by atoms with Crippen LogP contribution in [-0.4, -0.2) is 0 Å². The molecule has 2 aromatic carbocycles. The minimum Gasteiger partial charge on any atom is -0.462 e. The van der Waals surface area contributed by atoms with E-state index in [-0.39, 0.29) is 11.3 Å². The van der Waals surface area contributed by atoms with Gasteiger partial charge in [0, 0.05) is 5.56 Å². The van der Waals surface area contributed by atoms with Crippen LogP contribution in [0.2, 0.25) is 0 Å². The van der Waals surface area contributed by atoms with Crippen LogP contribution in [0.1, 0.15) is 76.2 Å². The molecule has 0 spiro atoms. The van der Waals surface area contributed by atoms with E-state index in [0.29, 0.717) is 11.5 Å². The third-order valence-electron chi connectivity index (χ3n) is 6.26. The molecular formula is C26H32F2O. The summed E-state index contributed by atoms with van der Waals surface area (Å²) >= 11 is 0.